The fourth-order valence-corrected chi connectivity index (χ4v) is 2.86. The van der Waals surface area contributed by atoms with E-state index in [0.29, 0.717) is 16.3 Å². The largest absolute Gasteiger partial charge is 0.465 e. The molecule has 1 atom stereocenters. The fraction of sp³-hybridized carbons (Fsp3) is 0.188. The van der Waals surface area contributed by atoms with Crippen molar-refractivity contribution in [2.24, 2.45) is 0 Å². The summed E-state index contributed by atoms with van der Waals surface area (Å²) in [4.78, 5) is 11.8. The number of halogens is 2. The molecule has 110 valence electrons. The van der Waals surface area contributed by atoms with Crippen molar-refractivity contribution in [1.29, 1.82) is 0 Å². The lowest BCUT2D eigenvalue weighted by molar-refractivity contribution is 0.0602. The Morgan fingerprint density at radius 1 is 1.29 bits per heavy atom. The normalized spacial score (nSPS) is 11.8. The fourth-order valence-electron chi connectivity index (χ4n) is 2.06. The molecule has 3 nitrogen and oxygen atoms in total. The van der Waals surface area contributed by atoms with Gasteiger partial charge in [0.25, 0.3) is 0 Å². The van der Waals surface area contributed by atoms with Gasteiger partial charge < -0.3 is 10.1 Å². The van der Waals surface area contributed by atoms with Crippen LogP contribution in [-0.2, 0) is 4.74 Å². The zero-order chi connectivity index (χ0) is 15.4. The number of carbonyl (C=O) groups excluding carboxylic acids is 1. The van der Waals surface area contributed by atoms with Crippen molar-refractivity contribution in [3.63, 3.8) is 0 Å². The van der Waals surface area contributed by atoms with E-state index in [9.17, 15) is 4.79 Å². The van der Waals surface area contributed by atoms with E-state index in [-0.39, 0.29) is 6.04 Å². The third-order valence-corrected chi connectivity index (χ3v) is 4.09. The van der Waals surface area contributed by atoms with E-state index in [1.807, 2.05) is 31.2 Å². The Morgan fingerprint density at radius 3 is 2.67 bits per heavy atom. The molecule has 2 aromatic rings. The Labute approximate surface area is 137 Å². The highest BCUT2D eigenvalue weighted by Crippen LogP contribution is 2.29. The third kappa shape index (κ3) is 3.77. The Hall–Kier alpha value is -1.52. The molecule has 0 bridgehead atoms. The summed E-state index contributed by atoms with van der Waals surface area (Å²) in [5, 5.41) is 3.82. The van der Waals surface area contributed by atoms with E-state index in [1.54, 1.807) is 18.2 Å². The van der Waals surface area contributed by atoms with Crippen LogP contribution >= 0.6 is 27.5 Å². The molecule has 21 heavy (non-hydrogen) atoms. The molecule has 0 saturated carbocycles. The van der Waals surface area contributed by atoms with Gasteiger partial charge in [-0.3, -0.25) is 0 Å². The summed E-state index contributed by atoms with van der Waals surface area (Å²) >= 11 is 9.48. The highest BCUT2D eigenvalue weighted by atomic mass is 79.9. The van der Waals surface area contributed by atoms with E-state index in [0.717, 1.165) is 10.0 Å². The number of esters is 1. The second-order valence-electron chi connectivity index (χ2n) is 4.57. The van der Waals surface area contributed by atoms with E-state index in [2.05, 4.69) is 21.2 Å². The average molecular weight is 369 g/mol. The van der Waals surface area contributed by atoms with Crippen molar-refractivity contribution < 1.29 is 9.53 Å². The van der Waals surface area contributed by atoms with Gasteiger partial charge in [0, 0.05) is 21.2 Å². The van der Waals surface area contributed by atoms with Crippen LogP contribution in [-0.4, -0.2) is 13.1 Å². The molecule has 1 N–H and O–H groups in total. The lowest BCUT2D eigenvalue weighted by Gasteiger charge is -2.19. The van der Waals surface area contributed by atoms with Gasteiger partial charge in [-0.2, -0.15) is 0 Å². The number of rotatable bonds is 4. The maximum absolute atomic E-state index is 11.8. The van der Waals surface area contributed by atoms with Crippen LogP contribution in [0.2, 0.25) is 5.02 Å². The molecule has 0 fully saturated rings. The topological polar surface area (TPSA) is 38.3 Å². The first-order valence-corrected chi connectivity index (χ1v) is 7.59. The van der Waals surface area contributed by atoms with Gasteiger partial charge in [0.1, 0.15) is 0 Å². The maximum Gasteiger partial charge on any atom is 0.340 e. The van der Waals surface area contributed by atoms with Crippen LogP contribution < -0.4 is 5.32 Å². The van der Waals surface area contributed by atoms with Gasteiger partial charge in [-0.15, -0.1) is 0 Å². The predicted octanol–water partition coefficient (Wildman–Crippen LogP) is 5.06. The second-order valence-corrected chi connectivity index (χ2v) is 5.86. The van der Waals surface area contributed by atoms with Gasteiger partial charge in [-0.25, -0.2) is 4.79 Å². The van der Waals surface area contributed by atoms with Crippen LogP contribution in [0.3, 0.4) is 0 Å². The van der Waals surface area contributed by atoms with Crippen molar-refractivity contribution in [1.82, 2.24) is 0 Å². The first-order valence-electron chi connectivity index (χ1n) is 6.41. The zero-order valence-corrected chi connectivity index (χ0v) is 14.0. The molecule has 0 amide bonds. The van der Waals surface area contributed by atoms with Gasteiger partial charge in [0.2, 0.25) is 0 Å². The van der Waals surface area contributed by atoms with E-state index in [4.69, 9.17) is 16.3 Å². The lowest BCUT2D eigenvalue weighted by Crippen LogP contribution is -2.12. The van der Waals surface area contributed by atoms with Crippen LogP contribution in [0.5, 0.6) is 0 Å². The first-order chi connectivity index (χ1) is 10.0. The molecule has 2 aromatic carbocycles. The van der Waals surface area contributed by atoms with Crippen molar-refractivity contribution in [2.45, 2.75) is 13.0 Å². The first kappa shape index (κ1) is 15.9. The molecule has 0 heterocycles. The number of methoxy groups -OCH3 is 1. The lowest BCUT2D eigenvalue weighted by atomic mass is 10.1. The van der Waals surface area contributed by atoms with Crippen molar-refractivity contribution >= 4 is 39.2 Å². The minimum Gasteiger partial charge on any atom is -0.465 e. The Kier molecular flexibility index (Phi) is 5.26. The Balaban J connectivity index is 2.31. The minimum atomic E-state index is -0.417. The summed E-state index contributed by atoms with van der Waals surface area (Å²) in [7, 11) is 1.35. The van der Waals surface area contributed by atoms with Crippen LogP contribution in [0.25, 0.3) is 0 Å². The summed E-state index contributed by atoms with van der Waals surface area (Å²) < 4.78 is 5.81. The number of nitrogens with one attached hydrogen (secondary N) is 1. The molecule has 0 aliphatic heterocycles. The summed E-state index contributed by atoms with van der Waals surface area (Å²) in [6.07, 6.45) is 0. The van der Waals surface area contributed by atoms with Gasteiger partial charge in [-0.05, 0) is 36.8 Å². The van der Waals surface area contributed by atoms with E-state index >= 15 is 0 Å². The van der Waals surface area contributed by atoms with Gasteiger partial charge in [0.05, 0.1) is 12.7 Å². The zero-order valence-electron chi connectivity index (χ0n) is 11.7. The van der Waals surface area contributed by atoms with Gasteiger partial charge >= 0.3 is 5.97 Å². The highest BCUT2D eigenvalue weighted by molar-refractivity contribution is 9.10. The van der Waals surface area contributed by atoms with Crippen molar-refractivity contribution in [2.75, 3.05) is 12.4 Å². The van der Waals surface area contributed by atoms with Crippen molar-refractivity contribution in [3.05, 3.63) is 63.1 Å². The molecular formula is C16H15BrClNO2. The molecule has 5 heteroatoms. The third-order valence-electron chi connectivity index (χ3n) is 3.13. The number of anilines is 1. The van der Waals surface area contributed by atoms with Crippen molar-refractivity contribution in [3.8, 4) is 0 Å². The van der Waals surface area contributed by atoms with Crippen LogP contribution in [0.1, 0.15) is 28.9 Å². The SMILES string of the molecule is COC(=O)c1cc(Cl)ccc1NC(C)c1ccccc1Br. The second kappa shape index (κ2) is 6.96. The highest BCUT2D eigenvalue weighted by Gasteiger charge is 2.16. The minimum absolute atomic E-state index is 0.0187. The summed E-state index contributed by atoms with van der Waals surface area (Å²) in [5.41, 5.74) is 2.21. The summed E-state index contributed by atoms with van der Waals surface area (Å²) in [5.74, 6) is -0.417. The maximum atomic E-state index is 11.8. The summed E-state index contributed by atoms with van der Waals surface area (Å²) in [6.45, 7) is 2.02. The molecule has 0 aliphatic carbocycles. The average Bonchev–Trinajstić information content (AvgIpc) is 2.48. The smallest absolute Gasteiger partial charge is 0.340 e. The van der Waals surface area contributed by atoms with Crippen LogP contribution in [0, 0.1) is 0 Å². The number of hydrogen-bond donors (Lipinski definition) is 1. The molecule has 0 aromatic heterocycles. The number of ether oxygens (including phenoxy) is 1. The summed E-state index contributed by atoms with van der Waals surface area (Å²) in [6, 6.07) is 13.1. The van der Waals surface area contributed by atoms with Gasteiger partial charge in [-0.1, -0.05) is 45.7 Å². The number of carbonyl (C=O) groups is 1. The molecule has 0 radical (unpaired) electrons. The molecule has 1 unspecified atom stereocenters. The number of hydrogen-bond acceptors (Lipinski definition) is 3. The molecular weight excluding hydrogens is 354 g/mol. The Bertz CT molecular complexity index is 660. The van der Waals surface area contributed by atoms with E-state index in [1.165, 1.54) is 7.11 Å². The van der Waals surface area contributed by atoms with E-state index < -0.39 is 5.97 Å². The molecule has 0 spiro atoms. The van der Waals surface area contributed by atoms with Gasteiger partial charge in [0.15, 0.2) is 0 Å². The molecule has 2 rings (SSSR count). The molecule has 0 saturated heterocycles. The quantitative estimate of drug-likeness (QED) is 0.766. The monoisotopic (exact) mass is 367 g/mol. The number of benzene rings is 2. The predicted molar refractivity (Wildman–Crippen MR) is 89.0 cm³/mol. The van der Waals surface area contributed by atoms with Crippen LogP contribution in [0.15, 0.2) is 46.9 Å². The van der Waals surface area contributed by atoms with Crippen LogP contribution in [0.4, 0.5) is 5.69 Å². The Morgan fingerprint density at radius 2 is 2.00 bits per heavy atom. The standard InChI is InChI=1S/C16H15BrClNO2/c1-10(12-5-3-4-6-14(12)17)19-15-8-7-11(18)9-13(15)16(20)21-2/h3-10,19H,1-2H3. The molecule has 0 aliphatic rings.